The van der Waals surface area contributed by atoms with Gasteiger partial charge in [0.15, 0.2) is 0 Å². The van der Waals surface area contributed by atoms with Crippen molar-refractivity contribution < 1.29 is 0 Å². The summed E-state index contributed by atoms with van der Waals surface area (Å²) in [5.41, 5.74) is 4.01. The maximum atomic E-state index is 12.4. The quantitative estimate of drug-likeness (QED) is 0.756. The summed E-state index contributed by atoms with van der Waals surface area (Å²) in [4.78, 5) is 26.0. The van der Waals surface area contributed by atoms with E-state index in [1.807, 2.05) is 6.07 Å². The van der Waals surface area contributed by atoms with Crippen molar-refractivity contribution in [1.82, 2.24) is 19.9 Å². The van der Waals surface area contributed by atoms with E-state index < -0.39 is 0 Å². The second-order valence-corrected chi connectivity index (χ2v) is 7.93. The van der Waals surface area contributed by atoms with Gasteiger partial charge in [-0.15, -0.1) is 0 Å². The number of aromatic nitrogens is 3. The normalized spacial score (nSPS) is 15.5. The van der Waals surface area contributed by atoms with Crippen molar-refractivity contribution in [1.29, 1.82) is 0 Å². The Kier molecular flexibility index (Phi) is 3.76. The van der Waals surface area contributed by atoms with Crippen molar-refractivity contribution in [3.05, 3.63) is 63.5 Å². The zero-order valence-electron chi connectivity index (χ0n) is 15.0. The van der Waals surface area contributed by atoms with E-state index in [4.69, 9.17) is 4.98 Å². The molecule has 130 valence electrons. The van der Waals surface area contributed by atoms with Crippen LogP contribution in [0.2, 0.25) is 0 Å². The number of aromatic amines is 2. The third kappa shape index (κ3) is 3.12. The van der Waals surface area contributed by atoms with Gasteiger partial charge in [0.05, 0.1) is 5.69 Å². The lowest BCUT2D eigenvalue weighted by molar-refractivity contribution is 0.237. The van der Waals surface area contributed by atoms with Gasteiger partial charge in [-0.2, -0.15) is 0 Å². The Hall–Kier alpha value is -2.40. The number of hydrogen-bond acceptors (Lipinski definition) is 3. The number of para-hydroxylation sites is 1. The fraction of sp³-hybridized carbons (Fsp3) is 0.400. The minimum absolute atomic E-state index is 0.0280. The SMILES string of the molecule is CC(C)(C)c1nc2c(c(=O)[nH]1)CCN(Cc1cc3ccccc3[nH]1)C2. The Balaban J connectivity index is 1.59. The lowest BCUT2D eigenvalue weighted by Gasteiger charge is -2.28. The molecule has 3 aromatic rings. The van der Waals surface area contributed by atoms with Gasteiger partial charge in [0.2, 0.25) is 0 Å². The van der Waals surface area contributed by atoms with Crippen LogP contribution in [0, 0.1) is 0 Å². The van der Waals surface area contributed by atoms with Gasteiger partial charge >= 0.3 is 0 Å². The summed E-state index contributed by atoms with van der Waals surface area (Å²) in [7, 11) is 0. The van der Waals surface area contributed by atoms with Gasteiger partial charge in [0.25, 0.3) is 5.56 Å². The van der Waals surface area contributed by atoms with E-state index in [1.54, 1.807) is 0 Å². The molecular weight excluding hydrogens is 312 g/mol. The van der Waals surface area contributed by atoms with E-state index in [0.717, 1.165) is 43.1 Å². The highest BCUT2D eigenvalue weighted by molar-refractivity contribution is 5.80. The smallest absolute Gasteiger partial charge is 0.254 e. The molecule has 0 unspecified atom stereocenters. The maximum Gasteiger partial charge on any atom is 0.254 e. The molecule has 0 aliphatic carbocycles. The number of rotatable bonds is 2. The zero-order chi connectivity index (χ0) is 17.6. The van der Waals surface area contributed by atoms with Crippen molar-refractivity contribution >= 4 is 10.9 Å². The largest absolute Gasteiger partial charge is 0.357 e. The molecule has 5 nitrogen and oxygen atoms in total. The minimum atomic E-state index is -0.159. The van der Waals surface area contributed by atoms with E-state index in [-0.39, 0.29) is 11.0 Å². The van der Waals surface area contributed by atoms with Crippen molar-refractivity contribution in [3.63, 3.8) is 0 Å². The number of hydrogen-bond donors (Lipinski definition) is 2. The Bertz CT molecular complexity index is 944. The molecule has 4 rings (SSSR count). The molecule has 3 heterocycles. The van der Waals surface area contributed by atoms with Gasteiger partial charge in [-0.05, 0) is 23.9 Å². The Morgan fingerprint density at radius 3 is 2.76 bits per heavy atom. The van der Waals surface area contributed by atoms with E-state index in [9.17, 15) is 4.79 Å². The van der Waals surface area contributed by atoms with Crippen molar-refractivity contribution in [2.75, 3.05) is 6.54 Å². The highest BCUT2D eigenvalue weighted by Gasteiger charge is 2.25. The van der Waals surface area contributed by atoms with E-state index in [1.165, 1.54) is 16.6 Å². The first-order valence-electron chi connectivity index (χ1n) is 8.82. The van der Waals surface area contributed by atoms with E-state index in [2.05, 4.69) is 59.9 Å². The second kappa shape index (κ2) is 5.85. The standard InChI is InChI=1S/C20H24N4O/c1-20(2,3)19-22-17-12-24(9-8-15(17)18(25)23-19)11-14-10-13-6-4-5-7-16(13)21-14/h4-7,10,21H,8-9,11-12H2,1-3H3,(H,22,23,25). The molecule has 0 saturated heterocycles. The second-order valence-electron chi connectivity index (χ2n) is 7.93. The molecule has 0 bridgehead atoms. The predicted molar refractivity (Wildman–Crippen MR) is 99.7 cm³/mol. The Morgan fingerprint density at radius 1 is 1.20 bits per heavy atom. The summed E-state index contributed by atoms with van der Waals surface area (Å²) in [6.45, 7) is 8.65. The first-order chi connectivity index (χ1) is 11.9. The lowest BCUT2D eigenvalue weighted by atomic mass is 9.95. The summed E-state index contributed by atoms with van der Waals surface area (Å²) in [6, 6.07) is 10.5. The molecule has 2 aromatic heterocycles. The first kappa shape index (κ1) is 16.1. The molecule has 5 heteroatoms. The monoisotopic (exact) mass is 336 g/mol. The zero-order valence-corrected chi connectivity index (χ0v) is 15.0. The summed E-state index contributed by atoms with van der Waals surface area (Å²) in [5.74, 6) is 0.767. The predicted octanol–water partition coefficient (Wildman–Crippen LogP) is 3.11. The molecule has 0 radical (unpaired) electrons. The van der Waals surface area contributed by atoms with Gasteiger partial charge < -0.3 is 9.97 Å². The first-order valence-corrected chi connectivity index (χ1v) is 8.82. The highest BCUT2D eigenvalue weighted by atomic mass is 16.1. The molecule has 0 saturated carbocycles. The van der Waals surface area contributed by atoms with Gasteiger partial charge in [0, 0.05) is 41.8 Å². The summed E-state index contributed by atoms with van der Waals surface area (Å²) in [6.07, 6.45) is 0.752. The highest BCUT2D eigenvalue weighted by Crippen LogP contribution is 2.22. The average molecular weight is 336 g/mol. The number of nitrogens with one attached hydrogen (secondary N) is 2. The molecule has 1 aromatic carbocycles. The number of benzene rings is 1. The fourth-order valence-electron chi connectivity index (χ4n) is 3.44. The van der Waals surface area contributed by atoms with Gasteiger partial charge in [-0.1, -0.05) is 39.0 Å². The Morgan fingerprint density at radius 2 is 2.00 bits per heavy atom. The van der Waals surface area contributed by atoms with Crippen LogP contribution in [0.15, 0.2) is 35.1 Å². The molecule has 0 spiro atoms. The van der Waals surface area contributed by atoms with Crippen LogP contribution in [0.4, 0.5) is 0 Å². The molecule has 2 N–H and O–H groups in total. The Labute approximate surface area is 147 Å². The third-order valence-corrected chi connectivity index (χ3v) is 4.84. The number of fused-ring (bicyclic) bond motifs is 2. The molecule has 0 amide bonds. The summed E-state index contributed by atoms with van der Waals surface area (Å²) in [5, 5.41) is 1.24. The average Bonchev–Trinajstić information content (AvgIpc) is 2.95. The molecule has 0 fully saturated rings. The van der Waals surface area contributed by atoms with Crippen LogP contribution in [0.25, 0.3) is 10.9 Å². The summed E-state index contributed by atoms with van der Waals surface area (Å²) < 4.78 is 0. The maximum absolute atomic E-state index is 12.4. The van der Waals surface area contributed by atoms with E-state index >= 15 is 0 Å². The van der Waals surface area contributed by atoms with Crippen LogP contribution in [0.1, 0.15) is 43.5 Å². The van der Waals surface area contributed by atoms with Crippen molar-refractivity contribution in [2.45, 2.75) is 45.7 Å². The van der Waals surface area contributed by atoms with Crippen molar-refractivity contribution in [2.24, 2.45) is 0 Å². The topological polar surface area (TPSA) is 64.8 Å². The fourth-order valence-corrected chi connectivity index (χ4v) is 3.44. The van der Waals surface area contributed by atoms with Crippen LogP contribution in [0.3, 0.4) is 0 Å². The third-order valence-electron chi connectivity index (χ3n) is 4.84. The van der Waals surface area contributed by atoms with Crippen molar-refractivity contribution in [3.8, 4) is 0 Å². The summed E-state index contributed by atoms with van der Waals surface area (Å²) >= 11 is 0. The van der Waals surface area contributed by atoms with Crippen LogP contribution in [0.5, 0.6) is 0 Å². The molecule has 1 aliphatic rings. The molecule has 1 aliphatic heterocycles. The lowest BCUT2D eigenvalue weighted by Crippen LogP contribution is -2.36. The molecular formula is C20H24N4O. The van der Waals surface area contributed by atoms with E-state index in [0.29, 0.717) is 0 Å². The minimum Gasteiger partial charge on any atom is -0.357 e. The number of nitrogens with zero attached hydrogens (tertiary/aromatic N) is 2. The van der Waals surface area contributed by atoms with Crippen LogP contribution in [-0.4, -0.2) is 26.4 Å². The van der Waals surface area contributed by atoms with Gasteiger partial charge in [-0.3, -0.25) is 9.69 Å². The van der Waals surface area contributed by atoms with Crippen LogP contribution in [-0.2, 0) is 24.9 Å². The van der Waals surface area contributed by atoms with Crippen LogP contribution < -0.4 is 5.56 Å². The van der Waals surface area contributed by atoms with Crippen LogP contribution >= 0.6 is 0 Å². The van der Waals surface area contributed by atoms with Gasteiger partial charge in [0.1, 0.15) is 5.82 Å². The van der Waals surface area contributed by atoms with Gasteiger partial charge in [-0.25, -0.2) is 4.98 Å². The molecule has 0 atom stereocenters. The molecule has 25 heavy (non-hydrogen) atoms. The number of H-pyrrole nitrogens is 2.